The van der Waals surface area contributed by atoms with E-state index in [4.69, 9.17) is 5.21 Å². The van der Waals surface area contributed by atoms with Crippen LogP contribution in [0.3, 0.4) is 0 Å². The van der Waals surface area contributed by atoms with Gasteiger partial charge < -0.3 is 15.1 Å². The molecule has 0 atom stereocenters. The van der Waals surface area contributed by atoms with E-state index in [2.05, 4.69) is 25.3 Å². The van der Waals surface area contributed by atoms with E-state index >= 15 is 0 Å². The first kappa shape index (κ1) is 23.2. The summed E-state index contributed by atoms with van der Waals surface area (Å²) in [6.07, 6.45) is -3.44. The summed E-state index contributed by atoms with van der Waals surface area (Å²) >= 11 is 0. The van der Waals surface area contributed by atoms with Crippen LogP contribution in [0, 0.1) is 0 Å². The highest BCUT2D eigenvalue weighted by Crippen LogP contribution is 2.29. The number of carbonyl (C=O) groups is 1. The molecule has 1 aliphatic rings. The molecule has 13 heteroatoms. The van der Waals surface area contributed by atoms with E-state index in [1.165, 1.54) is 7.05 Å². The van der Waals surface area contributed by atoms with Crippen LogP contribution in [0.5, 0.6) is 0 Å². The van der Waals surface area contributed by atoms with Gasteiger partial charge in [0.1, 0.15) is 17.2 Å². The number of alkyl halides is 3. The van der Waals surface area contributed by atoms with Gasteiger partial charge in [0.15, 0.2) is 5.82 Å². The lowest BCUT2D eigenvalue weighted by Gasteiger charge is -2.35. The Morgan fingerprint density at radius 3 is 2.29 bits per heavy atom. The molecule has 1 saturated heterocycles. The maximum atomic E-state index is 13.0. The van der Waals surface area contributed by atoms with Gasteiger partial charge in [-0.05, 0) is 30.3 Å². The lowest BCUT2D eigenvalue weighted by atomic mass is 10.2. The number of nitrogens with one attached hydrogen (secondary N) is 2. The molecule has 34 heavy (non-hydrogen) atoms. The fraction of sp³-hybridized carbons (Fsp3) is 0.286. The molecule has 0 radical (unpaired) electrons. The fourth-order valence-corrected chi connectivity index (χ4v) is 3.46. The minimum atomic E-state index is -4.54. The second kappa shape index (κ2) is 9.47. The van der Waals surface area contributed by atoms with Crippen LogP contribution in [0.1, 0.15) is 16.2 Å². The molecule has 3 aromatic rings. The van der Waals surface area contributed by atoms with E-state index in [0.717, 1.165) is 12.3 Å². The normalized spacial score (nSPS) is 14.1. The Morgan fingerprint density at radius 2 is 1.68 bits per heavy atom. The molecule has 1 aliphatic heterocycles. The van der Waals surface area contributed by atoms with E-state index < -0.39 is 11.9 Å². The number of amides is 1. The van der Waals surface area contributed by atoms with Crippen LogP contribution in [0.25, 0.3) is 11.4 Å². The Morgan fingerprint density at radius 1 is 1.00 bits per heavy atom. The molecule has 10 nitrogen and oxygen atoms in total. The van der Waals surface area contributed by atoms with Gasteiger partial charge in [-0.1, -0.05) is 0 Å². The topological polar surface area (TPSA) is 119 Å². The smallest absolute Gasteiger partial charge is 0.354 e. The average Bonchev–Trinajstić information content (AvgIpc) is 2.87. The Balaban J connectivity index is 1.57. The third kappa shape index (κ3) is 4.98. The minimum absolute atomic E-state index is 0.0153. The number of halogens is 3. The molecule has 178 valence electrons. The van der Waals surface area contributed by atoms with Crippen molar-refractivity contribution in [1.82, 2.24) is 25.3 Å². The zero-order valence-corrected chi connectivity index (χ0v) is 18.0. The molecule has 3 heterocycles. The predicted octanol–water partition coefficient (Wildman–Crippen LogP) is 2.44. The van der Waals surface area contributed by atoms with Gasteiger partial charge in [0.05, 0.1) is 5.69 Å². The van der Waals surface area contributed by atoms with Crippen molar-refractivity contribution in [2.75, 3.05) is 48.5 Å². The van der Waals surface area contributed by atoms with Crippen molar-refractivity contribution >= 4 is 23.4 Å². The maximum absolute atomic E-state index is 13.0. The zero-order valence-electron chi connectivity index (χ0n) is 18.0. The molecule has 4 rings (SSSR count). The zero-order chi connectivity index (χ0) is 24.3. The van der Waals surface area contributed by atoms with Crippen molar-refractivity contribution in [2.24, 2.45) is 0 Å². The van der Waals surface area contributed by atoms with Crippen molar-refractivity contribution < 1.29 is 23.2 Å². The molecule has 0 saturated carbocycles. The Bertz CT molecular complexity index is 1170. The van der Waals surface area contributed by atoms with Gasteiger partial charge in [-0.25, -0.2) is 19.9 Å². The number of carbonyl (C=O) groups excluding carboxylic acids is 1. The molecular weight excluding hydrogens is 453 g/mol. The van der Waals surface area contributed by atoms with Crippen LogP contribution < -0.4 is 20.6 Å². The van der Waals surface area contributed by atoms with Crippen LogP contribution in [-0.2, 0) is 6.18 Å². The average molecular weight is 474 g/mol. The van der Waals surface area contributed by atoms with Crippen LogP contribution >= 0.6 is 0 Å². The summed E-state index contributed by atoms with van der Waals surface area (Å²) in [5.74, 6) is 0.470. The standard InChI is InChI=1S/C21H21F3N8O2/c1-25-19(33)15-12-17(29-18(27-15)13-2-4-14(30-34)5-3-13)31-8-10-32(11-9-31)20-26-7-6-16(28-20)21(22,23)24/h2-7,12,30,34H,8-11H2,1H3,(H,25,33). The van der Waals surface area contributed by atoms with Gasteiger partial charge in [0, 0.05) is 51.1 Å². The van der Waals surface area contributed by atoms with Gasteiger partial charge in [-0.15, -0.1) is 0 Å². The van der Waals surface area contributed by atoms with E-state index in [1.54, 1.807) is 35.2 Å². The molecule has 1 fully saturated rings. The van der Waals surface area contributed by atoms with Crippen LogP contribution in [0.15, 0.2) is 42.6 Å². The first-order chi connectivity index (χ1) is 16.3. The van der Waals surface area contributed by atoms with Gasteiger partial charge >= 0.3 is 6.18 Å². The quantitative estimate of drug-likeness (QED) is 0.479. The number of benzene rings is 1. The molecule has 0 bridgehead atoms. The fourth-order valence-electron chi connectivity index (χ4n) is 3.46. The van der Waals surface area contributed by atoms with Crippen molar-refractivity contribution in [3.8, 4) is 11.4 Å². The van der Waals surface area contributed by atoms with E-state index in [-0.39, 0.29) is 17.5 Å². The second-order valence-corrected chi connectivity index (χ2v) is 7.42. The number of nitrogens with zero attached hydrogens (tertiary/aromatic N) is 6. The number of hydrogen-bond donors (Lipinski definition) is 3. The molecule has 1 aromatic carbocycles. The number of hydrogen-bond acceptors (Lipinski definition) is 9. The number of rotatable bonds is 5. The lowest BCUT2D eigenvalue weighted by molar-refractivity contribution is -0.141. The van der Waals surface area contributed by atoms with E-state index in [0.29, 0.717) is 49.1 Å². The van der Waals surface area contributed by atoms with E-state index in [9.17, 15) is 18.0 Å². The molecule has 0 unspecified atom stereocenters. The largest absolute Gasteiger partial charge is 0.433 e. The highest BCUT2D eigenvalue weighted by atomic mass is 19.4. The number of anilines is 3. The maximum Gasteiger partial charge on any atom is 0.433 e. The van der Waals surface area contributed by atoms with Crippen LogP contribution in [0.2, 0.25) is 0 Å². The molecule has 0 spiro atoms. The van der Waals surface area contributed by atoms with Gasteiger partial charge in [-0.2, -0.15) is 13.2 Å². The van der Waals surface area contributed by atoms with E-state index in [1.807, 2.05) is 10.4 Å². The summed E-state index contributed by atoms with van der Waals surface area (Å²) in [4.78, 5) is 32.5. The van der Waals surface area contributed by atoms with Crippen molar-refractivity contribution in [3.63, 3.8) is 0 Å². The summed E-state index contributed by atoms with van der Waals surface area (Å²) in [5, 5.41) is 11.6. The molecular formula is C21H21F3N8O2. The van der Waals surface area contributed by atoms with Crippen molar-refractivity contribution in [1.29, 1.82) is 0 Å². The van der Waals surface area contributed by atoms with Crippen LogP contribution in [-0.4, -0.2) is 64.3 Å². The van der Waals surface area contributed by atoms with Crippen LogP contribution in [0.4, 0.5) is 30.6 Å². The van der Waals surface area contributed by atoms with Crippen molar-refractivity contribution in [2.45, 2.75) is 6.18 Å². The monoisotopic (exact) mass is 474 g/mol. The molecule has 3 N–H and O–H groups in total. The Kier molecular flexibility index (Phi) is 6.45. The van der Waals surface area contributed by atoms with Gasteiger partial charge in [0.25, 0.3) is 5.91 Å². The minimum Gasteiger partial charge on any atom is -0.354 e. The highest BCUT2D eigenvalue weighted by molar-refractivity contribution is 5.93. The van der Waals surface area contributed by atoms with Gasteiger partial charge in [0.2, 0.25) is 5.95 Å². The molecule has 2 aromatic heterocycles. The predicted molar refractivity (Wildman–Crippen MR) is 118 cm³/mol. The highest BCUT2D eigenvalue weighted by Gasteiger charge is 2.33. The summed E-state index contributed by atoms with van der Waals surface area (Å²) in [7, 11) is 1.50. The Labute approximate surface area is 192 Å². The summed E-state index contributed by atoms with van der Waals surface area (Å²) in [6.45, 7) is 1.59. The lowest BCUT2D eigenvalue weighted by Crippen LogP contribution is -2.47. The number of piperazine rings is 1. The van der Waals surface area contributed by atoms with Gasteiger partial charge in [-0.3, -0.25) is 15.5 Å². The van der Waals surface area contributed by atoms with Crippen molar-refractivity contribution in [3.05, 3.63) is 54.0 Å². The summed E-state index contributed by atoms with van der Waals surface area (Å²) in [6, 6.07) is 9.09. The summed E-state index contributed by atoms with van der Waals surface area (Å²) in [5.41, 5.74) is 2.36. The first-order valence-electron chi connectivity index (χ1n) is 10.3. The molecule has 1 amide bonds. The second-order valence-electron chi connectivity index (χ2n) is 7.42. The third-order valence-electron chi connectivity index (χ3n) is 5.26. The SMILES string of the molecule is CNC(=O)c1cc(N2CCN(c3nccc(C(F)(F)F)n3)CC2)nc(-c2ccc(NO)cc2)n1. The summed E-state index contributed by atoms with van der Waals surface area (Å²) < 4.78 is 39.0. The number of aromatic nitrogens is 4. The first-order valence-corrected chi connectivity index (χ1v) is 10.3. The third-order valence-corrected chi connectivity index (χ3v) is 5.26. The Hall–Kier alpha value is -4.00. The molecule has 0 aliphatic carbocycles.